The van der Waals surface area contributed by atoms with Crippen LogP contribution in [0, 0.1) is 0 Å². The lowest BCUT2D eigenvalue weighted by Gasteiger charge is -2.40. The fourth-order valence-electron chi connectivity index (χ4n) is 2.27. The molecule has 0 spiro atoms. The molecular formula is C15H34O2S. The average Bonchev–Trinajstić information content (AvgIpc) is 2.40. The van der Waals surface area contributed by atoms with Gasteiger partial charge in [-0.25, -0.2) is 0 Å². The van der Waals surface area contributed by atoms with Gasteiger partial charge in [0.25, 0.3) is 0 Å². The fourth-order valence-corrected chi connectivity index (χ4v) is 4.54. The van der Waals surface area contributed by atoms with Crippen LogP contribution in [0.2, 0.25) is 0 Å². The topological polar surface area (TPSA) is 18.5 Å². The smallest absolute Gasteiger partial charge is 0.0604 e. The Hall–Kier alpha value is 0.270. The van der Waals surface area contributed by atoms with E-state index in [0.717, 1.165) is 17.9 Å². The molecule has 0 aromatic rings. The van der Waals surface area contributed by atoms with E-state index in [-0.39, 0.29) is 0 Å². The minimum Gasteiger partial charge on any atom is -0.288 e. The normalized spacial score (nSPS) is 12.9. The highest BCUT2D eigenvalue weighted by Gasteiger charge is 2.16. The van der Waals surface area contributed by atoms with Crippen LogP contribution in [0.4, 0.5) is 0 Å². The number of hydrogen-bond donors (Lipinski definition) is 0. The third-order valence-corrected chi connectivity index (χ3v) is 6.59. The van der Waals surface area contributed by atoms with Crippen LogP contribution in [-0.4, -0.2) is 25.7 Å². The van der Waals surface area contributed by atoms with E-state index in [4.69, 9.17) is 8.37 Å². The molecule has 0 N–H and O–H groups in total. The molecule has 0 aliphatic carbocycles. The van der Waals surface area contributed by atoms with Gasteiger partial charge in [0.05, 0.1) is 14.2 Å². The SMILES string of the molecule is CCCCCCCCCCS(CCC)(OC)OC. The molecule has 0 radical (unpaired) electrons. The van der Waals surface area contributed by atoms with Crippen LogP contribution < -0.4 is 0 Å². The van der Waals surface area contributed by atoms with Gasteiger partial charge in [-0.2, -0.15) is 10.6 Å². The second-order valence-electron chi connectivity index (χ2n) is 4.96. The average molecular weight is 279 g/mol. The van der Waals surface area contributed by atoms with E-state index in [9.17, 15) is 0 Å². The van der Waals surface area contributed by atoms with Crippen molar-refractivity contribution in [1.29, 1.82) is 0 Å². The van der Waals surface area contributed by atoms with Crippen molar-refractivity contribution < 1.29 is 8.37 Å². The van der Waals surface area contributed by atoms with E-state index < -0.39 is 10.6 Å². The lowest BCUT2D eigenvalue weighted by molar-refractivity contribution is 0.344. The summed E-state index contributed by atoms with van der Waals surface area (Å²) in [4.78, 5) is 0. The summed E-state index contributed by atoms with van der Waals surface area (Å²) >= 11 is 0. The Morgan fingerprint density at radius 3 is 1.56 bits per heavy atom. The van der Waals surface area contributed by atoms with Gasteiger partial charge in [0, 0.05) is 11.5 Å². The van der Waals surface area contributed by atoms with E-state index in [0.29, 0.717) is 0 Å². The first-order valence-corrected chi connectivity index (χ1v) is 9.46. The van der Waals surface area contributed by atoms with Crippen molar-refractivity contribution in [2.24, 2.45) is 0 Å². The van der Waals surface area contributed by atoms with Crippen molar-refractivity contribution in [2.45, 2.75) is 71.6 Å². The first kappa shape index (κ1) is 18.3. The van der Waals surface area contributed by atoms with Crippen molar-refractivity contribution in [2.75, 3.05) is 25.7 Å². The molecule has 0 aliphatic rings. The Morgan fingerprint density at radius 2 is 1.11 bits per heavy atom. The van der Waals surface area contributed by atoms with Gasteiger partial charge in [0.15, 0.2) is 0 Å². The van der Waals surface area contributed by atoms with Crippen molar-refractivity contribution in [3.05, 3.63) is 0 Å². The van der Waals surface area contributed by atoms with Crippen molar-refractivity contribution >= 4 is 10.6 Å². The molecular weight excluding hydrogens is 244 g/mol. The maximum atomic E-state index is 5.65. The van der Waals surface area contributed by atoms with Crippen LogP contribution in [0.15, 0.2) is 0 Å². The third-order valence-electron chi connectivity index (χ3n) is 3.43. The summed E-state index contributed by atoms with van der Waals surface area (Å²) in [5.41, 5.74) is 0. The maximum Gasteiger partial charge on any atom is 0.0604 e. The fraction of sp³-hybridized carbons (Fsp3) is 1.00. The van der Waals surface area contributed by atoms with Gasteiger partial charge in [-0.1, -0.05) is 58.8 Å². The van der Waals surface area contributed by atoms with Crippen molar-refractivity contribution in [1.82, 2.24) is 0 Å². The minimum absolute atomic E-state index is 1.08. The second-order valence-corrected chi connectivity index (χ2v) is 7.93. The summed E-state index contributed by atoms with van der Waals surface area (Å²) in [7, 11) is 2.39. The Balaban J connectivity index is 3.55. The third kappa shape index (κ3) is 8.39. The Kier molecular flexibility index (Phi) is 12.5. The van der Waals surface area contributed by atoms with Crippen LogP contribution in [0.1, 0.15) is 71.6 Å². The molecule has 0 aliphatic heterocycles. The molecule has 0 saturated heterocycles. The summed E-state index contributed by atoms with van der Waals surface area (Å²) in [6, 6.07) is 0. The predicted octanol–water partition coefficient (Wildman–Crippen LogP) is 5.46. The molecule has 0 saturated carbocycles. The molecule has 0 rings (SSSR count). The van der Waals surface area contributed by atoms with Crippen LogP contribution in [-0.2, 0) is 8.37 Å². The lowest BCUT2D eigenvalue weighted by atomic mass is 10.1. The van der Waals surface area contributed by atoms with Crippen LogP contribution in [0.5, 0.6) is 0 Å². The quantitative estimate of drug-likeness (QED) is 0.416. The van der Waals surface area contributed by atoms with Gasteiger partial charge in [0.1, 0.15) is 0 Å². The molecule has 0 amide bonds. The van der Waals surface area contributed by atoms with E-state index in [1.807, 2.05) is 0 Å². The second kappa shape index (κ2) is 12.3. The Bertz CT molecular complexity index is 170. The van der Waals surface area contributed by atoms with E-state index >= 15 is 0 Å². The largest absolute Gasteiger partial charge is 0.288 e. The highest BCUT2D eigenvalue weighted by atomic mass is 32.3. The van der Waals surface area contributed by atoms with Gasteiger partial charge in [-0.3, -0.25) is 8.37 Å². The van der Waals surface area contributed by atoms with Crippen LogP contribution >= 0.6 is 10.6 Å². The molecule has 0 aromatic heterocycles. The molecule has 0 aromatic carbocycles. The van der Waals surface area contributed by atoms with Crippen molar-refractivity contribution in [3.63, 3.8) is 0 Å². The molecule has 0 bridgehead atoms. The molecule has 18 heavy (non-hydrogen) atoms. The highest BCUT2D eigenvalue weighted by molar-refractivity contribution is 8.25. The zero-order valence-corrected chi connectivity index (χ0v) is 13.8. The summed E-state index contributed by atoms with van der Waals surface area (Å²) in [5, 5.41) is 0. The van der Waals surface area contributed by atoms with Gasteiger partial charge < -0.3 is 0 Å². The predicted molar refractivity (Wildman–Crippen MR) is 84.2 cm³/mol. The molecule has 3 heteroatoms. The molecule has 2 nitrogen and oxygen atoms in total. The lowest BCUT2D eigenvalue weighted by Crippen LogP contribution is -2.13. The summed E-state index contributed by atoms with van der Waals surface area (Å²) < 4.78 is 11.3. The molecule has 0 fully saturated rings. The Labute approximate surface area is 117 Å². The summed E-state index contributed by atoms with van der Waals surface area (Å²) in [6.45, 7) is 4.47. The van der Waals surface area contributed by atoms with Crippen molar-refractivity contribution in [3.8, 4) is 0 Å². The van der Waals surface area contributed by atoms with Gasteiger partial charge in [-0.15, -0.1) is 0 Å². The molecule has 0 heterocycles. The zero-order valence-electron chi connectivity index (χ0n) is 13.0. The van der Waals surface area contributed by atoms with Gasteiger partial charge >= 0.3 is 0 Å². The highest BCUT2D eigenvalue weighted by Crippen LogP contribution is 2.50. The molecule has 0 unspecified atom stereocenters. The maximum absolute atomic E-state index is 5.65. The summed E-state index contributed by atoms with van der Waals surface area (Å²) in [5.74, 6) is 2.19. The molecule has 112 valence electrons. The minimum atomic E-state index is -1.22. The Morgan fingerprint density at radius 1 is 0.611 bits per heavy atom. The first-order valence-electron chi connectivity index (χ1n) is 7.64. The van der Waals surface area contributed by atoms with Gasteiger partial charge in [0.2, 0.25) is 0 Å². The number of unbranched alkanes of at least 4 members (excludes halogenated alkanes) is 7. The first-order chi connectivity index (χ1) is 8.74. The monoisotopic (exact) mass is 278 g/mol. The standard InChI is InChI=1S/C15H34O2S/c1-5-7-8-9-10-11-12-13-15-18(16-3,17-4)14-6-2/h5-15H2,1-4H3. The number of hydrogen-bond acceptors (Lipinski definition) is 2. The van der Waals surface area contributed by atoms with E-state index in [1.54, 1.807) is 14.2 Å². The van der Waals surface area contributed by atoms with Crippen LogP contribution in [0.25, 0.3) is 0 Å². The number of rotatable bonds is 13. The van der Waals surface area contributed by atoms with Gasteiger partial charge in [-0.05, 0) is 12.8 Å². The van der Waals surface area contributed by atoms with E-state index in [1.165, 1.54) is 51.4 Å². The zero-order chi connectivity index (χ0) is 13.7. The van der Waals surface area contributed by atoms with Crippen LogP contribution in [0.3, 0.4) is 0 Å². The van der Waals surface area contributed by atoms with E-state index in [2.05, 4.69) is 13.8 Å². The summed E-state index contributed by atoms with van der Waals surface area (Å²) in [6.07, 6.45) is 12.1. The molecule has 0 atom stereocenters.